The third kappa shape index (κ3) is 4.53. The summed E-state index contributed by atoms with van der Waals surface area (Å²) in [7, 11) is 1.67. The molecular formula is C17H23NO3. The summed E-state index contributed by atoms with van der Waals surface area (Å²) in [6.45, 7) is 5.61. The van der Waals surface area contributed by atoms with Crippen LogP contribution in [0.5, 0.6) is 11.5 Å². The van der Waals surface area contributed by atoms with E-state index in [4.69, 9.17) is 13.9 Å². The maximum absolute atomic E-state index is 5.84. The first-order chi connectivity index (χ1) is 10.2. The molecule has 1 aromatic heterocycles. The van der Waals surface area contributed by atoms with Gasteiger partial charge in [-0.15, -0.1) is 0 Å². The van der Waals surface area contributed by atoms with E-state index in [0.29, 0.717) is 6.54 Å². The van der Waals surface area contributed by atoms with Crippen LogP contribution in [0.3, 0.4) is 0 Å². The first-order valence-corrected chi connectivity index (χ1v) is 7.29. The van der Waals surface area contributed by atoms with Crippen LogP contribution in [0.4, 0.5) is 0 Å². The van der Waals surface area contributed by atoms with E-state index in [2.05, 4.69) is 25.2 Å². The summed E-state index contributed by atoms with van der Waals surface area (Å²) in [4.78, 5) is 0. The van der Waals surface area contributed by atoms with Crippen molar-refractivity contribution in [2.45, 2.75) is 39.5 Å². The number of benzene rings is 1. The summed E-state index contributed by atoms with van der Waals surface area (Å²) in [5.41, 5.74) is 1.15. The van der Waals surface area contributed by atoms with Crippen LogP contribution in [0.2, 0.25) is 0 Å². The Labute approximate surface area is 126 Å². The van der Waals surface area contributed by atoms with Gasteiger partial charge in [0, 0.05) is 6.54 Å². The molecule has 1 unspecified atom stereocenters. The van der Waals surface area contributed by atoms with Gasteiger partial charge in [0.25, 0.3) is 0 Å². The molecule has 4 heteroatoms. The second kappa shape index (κ2) is 7.74. The fraction of sp³-hybridized carbons (Fsp3) is 0.412. The maximum atomic E-state index is 5.84. The van der Waals surface area contributed by atoms with Gasteiger partial charge in [-0.3, -0.25) is 0 Å². The Bertz CT molecular complexity index is 537. The van der Waals surface area contributed by atoms with Crippen LogP contribution in [0, 0.1) is 0 Å². The van der Waals surface area contributed by atoms with Crippen molar-refractivity contribution in [3.63, 3.8) is 0 Å². The summed E-state index contributed by atoms with van der Waals surface area (Å²) >= 11 is 0. The van der Waals surface area contributed by atoms with Crippen molar-refractivity contribution in [1.82, 2.24) is 5.32 Å². The second-order valence-corrected chi connectivity index (χ2v) is 5.00. The Morgan fingerprint density at radius 2 is 2.05 bits per heavy atom. The third-order valence-corrected chi connectivity index (χ3v) is 3.34. The minimum atomic E-state index is 0.182. The molecule has 1 atom stereocenters. The van der Waals surface area contributed by atoms with Crippen molar-refractivity contribution >= 4 is 0 Å². The molecule has 0 spiro atoms. The number of furan rings is 1. The maximum Gasteiger partial charge on any atom is 0.161 e. The van der Waals surface area contributed by atoms with Crippen LogP contribution >= 0.6 is 0 Å². The normalized spacial score (nSPS) is 12.1. The highest BCUT2D eigenvalue weighted by Crippen LogP contribution is 2.29. The molecule has 0 saturated carbocycles. The fourth-order valence-corrected chi connectivity index (χ4v) is 1.96. The molecule has 1 heterocycles. The molecule has 0 aliphatic heterocycles. The quantitative estimate of drug-likeness (QED) is 0.803. The van der Waals surface area contributed by atoms with Crippen LogP contribution in [0.25, 0.3) is 0 Å². The number of hydrogen-bond acceptors (Lipinski definition) is 4. The Morgan fingerprint density at radius 3 is 2.71 bits per heavy atom. The SMILES string of the molecule is CCC(C)Oc1ccc(CNCc2ccco2)cc1OC. The summed E-state index contributed by atoms with van der Waals surface area (Å²) < 4.78 is 16.5. The third-order valence-electron chi connectivity index (χ3n) is 3.34. The van der Waals surface area contributed by atoms with E-state index < -0.39 is 0 Å². The lowest BCUT2D eigenvalue weighted by Crippen LogP contribution is -2.13. The van der Waals surface area contributed by atoms with Crippen molar-refractivity contribution < 1.29 is 13.9 Å². The van der Waals surface area contributed by atoms with Gasteiger partial charge in [0.15, 0.2) is 11.5 Å². The van der Waals surface area contributed by atoms with Gasteiger partial charge in [0.05, 0.1) is 26.0 Å². The summed E-state index contributed by atoms with van der Waals surface area (Å²) in [5.74, 6) is 2.49. The van der Waals surface area contributed by atoms with Gasteiger partial charge in [-0.25, -0.2) is 0 Å². The number of ether oxygens (including phenoxy) is 2. The van der Waals surface area contributed by atoms with Gasteiger partial charge < -0.3 is 19.2 Å². The summed E-state index contributed by atoms with van der Waals surface area (Å²) in [6.07, 6.45) is 2.83. The Hall–Kier alpha value is -1.94. The Balaban J connectivity index is 1.94. The van der Waals surface area contributed by atoms with Crippen molar-refractivity contribution in [1.29, 1.82) is 0 Å². The molecule has 0 aliphatic carbocycles. The minimum absolute atomic E-state index is 0.182. The van der Waals surface area contributed by atoms with E-state index in [9.17, 15) is 0 Å². The van der Waals surface area contributed by atoms with E-state index in [1.54, 1.807) is 13.4 Å². The minimum Gasteiger partial charge on any atom is -0.493 e. The molecule has 0 saturated heterocycles. The van der Waals surface area contributed by atoms with E-state index in [-0.39, 0.29) is 6.10 Å². The largest absolute Gasteiger partial charge is 0.493 e. The first-order valence-electron chi connectivity index (χ1n) is 7.29. The lowest BCUT2D eigenvalue weighted by Gasteiger charge is -2.16. The van der Waals surface area contributed by atoms with Crippen molar-refractivity contribution in [3.8, 4) is 11.5 Å². The molecule has 0 amide bonds. The topological polar surface area (TPSA) is 43.6 Å². The van der Waals surface area contributed by atoms with Gasteiger partial charge in [0.2, 0.25) is 0 Å². The van der Waals surface area contributed by atoms with E-state index >= 15 is 0 Å². The number of rotatable bonds is 8. The highest BCUT2D eigenvalue weighted by Gasteiger charge is 2.09. The van der Waals surface area contributed by atoms with Crippen LogP contribution in [0.1, 0.15) is 31.6 Å². The second-order valence-electron chi connectivity index (χ2n) is 5.00. The molecule has 0 aliphatic rings. The Morgan fingerprint density at radius 1 is 1.19 bits per heavy atom. The van der Waals surface area contributed by atoms with Crippen LogP contribution in [-0.4, -0.2) is 13.2 Å². The monoisotopic (exact) mass is 289 g/mol. The van der Waals surface area contributed by atoms with Gasteiger partial charge in [-0.1, -0.05) is 13.0 Å². The van der Waals surface area contributed by atoms with Gasteiger partial charge >= 0.3 is 0 Å². The predicted molar refractivity (Wildman–Crippen MR) is 82.6 cm³/mol. The molecular weight excluding hydrogens is 266 g/mol. The van der Waals surface area contributed by atoms with Gasteiger partial charge in [0.1, 0.15) is 5.76 Å². The number of nitrogens with one attached hydrogen (secondary N) is 1. The van der Waals surface area contributed by atoms with Crippen LogP contribution in [0.15, 0.2) is 41.0 Å². The van der Waals surface area contributed by atoms with Gasteiger partial charge in [-0.2, -0.15) is 0 Å². The van der Waals surface area contributed by atoms with Crippen molar-refractivity contribution in [2.75, 3.05) is 7.11 Å². The molecule has 4 nitrogen and oxygen atoms in total. The van der Waals surface area contributed by atoms with Crippen LogP contribution in [-0.2, 0) is 13.1 Å². The highest BCUT2D eigenvalue weighted by atomic mass is 16.5. The average Bonchev–Trinajstić information content (AvgIpc) is 3.01. The van der Waals surface area contributed by atoms with Gasteiger partial charge in [-0.05, 0) is 43.2 Å². The summed E-state index contributed by atoms with van der Waals surface area (Å²) in [6, 6.07) is 9.87. The molecule has 2 rings (SSSR count). The molecule has 2 aromatic rings. The van der Waals surface area contributed by atoms with E-state index in [1.807, 2.05) is 24.3 Å². The number of hydrogen-bond donors (Lipinski definition) is 1. The lowest BCUT2D eigenvalue weighted by atomic mass is 10.2. The smallest absolute Gasteiger partial charge is 0.161 e. The molecule has 1 aromatic carbocycles. The molecule has 0 radical (unpaired) electrons. The Kier molecular flexibility index (Phi) is 5.69. The molecule has 114 valence electrons. The standard InChI is InChI=1S/C17H23NO3/c1-4-13(2)21-16-8-7-14(10-17(16)19-3)11-18-12-15-6-5-9-20-15/h5-10,13,18H,4,11-12H2,1-3H3. The number of methoxy groups -OCH3 is 1. The first kappa shape index (κ1) is 15.4. The molecule has 0 bridgehead atoms. The molecule has 1 N–H and O–H groups in total. The average molecular weight is 289 g/mol. The van der Waals surface area contributed by atoms with E-state index in [1.165, 1.54) is 0 Å². The highest BCUT2D eigenvalue weighted by molar-refractivity contribution is 5.43. The zero-order chi connectivity index (χ0) is 15.1. The summed E-state index contributed by atoms with van der Waals surface area (Å²) in [5, 5.41) is 3.34. The lowest BCUT2D eigenvalue weighted by molar-refractivity contribution is 0.207. The van der Waals surface area contributed by atoms with Crippen molar-refractivity contribution in [2.24, 2.45) is 0 Å². The van der Waals surface area contributed by atoms with E-state index in [0.717, 1.165) is 35.8 Å². The van der Waals surface area contributed by atoms with Crippen LogP contribution < -0.4 is 14.8 Å². The zero-order valence-corrected chi connectivity index (χ0v) is 12.9. The zero-order valence-electron chi connectivity index (χ0n) is 12.9. The predicted octanol–water partition coefficient (Wildman–Crippen LogP) is 3.76. The molecule has 0 fully saturated rings. The van der Waals surface area contributed by atoms with Crippen molar-refractivity contribution in [3.05, 3.63) is 47.9 Å². The fourth-order valence-electron chi connectivity index (χ4n) is 1.96. The molecule has 21 heavy (non-hydrogen) atoms.